The second-order valence-electron chi connectivity index (χ2n) is 4.19. The van der Waals surface area contributed by atoms with Gasteiger partial charge in [-0.3, -0.25) is 4.79 Å². The number of nitrogens with one attached hydrogen (secondary N) is 3. The molecule has 0 aromatic carbocycles. The van der Waals surface area contributed by atoms with Crippen LogP contribution < -0.4 is 16.0 Å². The molecule has 0 saturated carbocycles. The maximum absolute atomic E-state index is 11.7. The summed E-state index contributed by atoms with van der Waals surface area (Å²) in [5.74, 6) is 1.77. The van der Waals surface area contributed by atoms with E-state index >= 15 is 0 Å². The van der Waals surface area contributed by atoms with E-state index in [2.05, 4.69) is 21.0 Å². The SMILES string of the molecule is CSCCNCC(=O)Nc1ccnn1C1CNC1. The zero-order chi connectivity index (χ0) is 12.8. The number of hydrogen-bond acceptors (Lipinski definition) is 5. The highest BCUT2D eigenvalue weighted by molar-refractivity contribution is 7.98. The molecule has 1 saturated heterocycles. The Hall–Kier alpha value is -1.05. The van der Waals surface area contributed by atoms with Crippen LogP contribution in [0.15, 0.2) is 12.3 Å². The van der Waals surface area contributed by atoms with Crippen molar-refractivity contribution < 1.29 is 4.79 Å². The van der Waals surface area contributed by atoms with Gasteiger partial charge in [0.1, 0.15) is 5.82 Å². The van der Waals surface area contributed by atoms with Crippen molar-refractivity contribution in [2.45, 2.75) is 6.04 Å². The van der Waals surface area contributed by atoms with Gasteiger partial charge < -0.3 is 16.0 Å². The Morgan fingerprint density at radius 2 is 2.50 bits per heavy atom. The van der Waals surface area contributed by atoms with Crippen molar-refractivity contribution in [3.05, 3.63) is 12.3 Å². The molecule has 0 atom stereocenters. The maximum Gasteiger partial charge on any atom is 0.239 e. The van der Waals surface area contributed by atoms with Crippen LogP contribution in [0.5, 0.6) is 0 Å². The van der Waals surface area contributed by atoms with Crippen LogP contribution >= 0.6 is 11.8 Å². The number of rotatable bonds is 7. The minimum Gasteiger partial charge on any atom is -0.312 e. The van der Waals surface area contributed by atoms with Crippen molar-refractivity contribution in [2.75, 3.05) is 43.5 Å². The molecular weight excluding hydrogens is 250 g/mol. The highest BCUT2D eigenvalue weighted by atomic mass is 32.2. The molecule has 0 spiro atoms. The molecule has 18 heavy (non-hydrogen) atoms. The number of carbonyl (C=O) groups is 1. The molecule has 3 N–H and O–H groups in total. The summed E-state index contributed by atoms with van der Waals surface area (Å²) in [5.41, 5.74) is 0. The molecule has 1 amide bonds. The molecule has 1 aliphatic rings. The smallest absolute Gasteiger partial charge is 0.239 e. The second kappa shape index (κ2) is 6.77. The molecule has 0 radical (unpaired) electrons. The fraction of sp³-hybridized carbons (Fsp3) is 0.636. The Bertz CT molecular complexity index is 391. The molecule has 0 unspecified atom stereocenters. The van der Waals surface area contributed by atoms with Gasteiger partial charge in [0.05, 0.1) is 18.8 Å². The van der Waals surface area contributed by atoms with E-state index in [-0.39, 0.29) is 5.91 Å². The number of thioether (sulfide) groups is 1. The van der Waals surface area contributed by atoms with Gasteiger partial charge in [0.2, 0.25) is 5.91 Å². The lowest BCUT2D eigenvalue weighted by Crippen LogP contribution is -2.44. The summed E-state index contributed by atoms with van der Waals surface area (Å²) in [6, 6.07) is 2.19. The average molecular weight is 269 g/mol. The number of amides is 1. The minimum atomic E-state index is -0.0230. The Balaban J connectivity index is 1.78. The number of hydrogen-bond donors (Lipinski definition) is 3. The van der Waals surface area contributed by atoms with E-state index in [4.69, 9.17) is 0 Å². The molecule has 1 aromatic heterocycles. The van der Waals surface area contributed by atoms with Gasteiger partial charge in [0.15, 0.2) is 0 Å². The van der Waals surface area contributed by atoms with Gasteiger partial charge in [-0.1, -0.05) is 0 Å². The summed E-state index contributed by atoms with van der Waals surface area (Å²) >= 11 is 1.76. The van der Waals surface area contributed by atoms with Crippen molar-refractivity contribution in [3.63, 3.8) is 0 Å². The van der Waals surface area contributed by atoms with E-state index < -0.39 is 0 Å². The third-order valence-corrected chi connectivity index (χ3v) is 3.42. The first-order chi connectivity index (χ1) is 8.81. The third kappa shape index (κ3) is 3.47. The number of nitrogens with zero attached hydrogens (tertiary/aromatic N) is 2. The van der Waals surface area contributed by atoms with E-state index in [1.165, 1.54) is 0 Å². The first-order valence-corrected chi connectivity index (χ1v) is 7.44. The van der Waals surface area contributed by atoms with Gasteiger partial charge in [0, 0.05) is 31.5 Å². The zero-order valence-corrected chi connectivity index (χ0v) is 11.3. The Labute approximate surface area is 111 Å². The van der Waals surface area contributed by atoms with Crippen LogP contribution in [0.4, 0.5) is 5.82 Å². The summed E-state index contributed by atoms with van der Waals surface area (Å²) in [4.78, 5) is 11.7. The molecule has 1 aromatic rings. The molecule has 0 bridgehead atoms. The van der Waals surface area contributed by atoms with Crippen molar-refractivity contribution >= 4 is 23.5 Å². The lowest BCUT2D eigenvalue weighted by atomic mass is 10.2. The summed E-state index contributed by atoms with van der Waals surface area (Å²) in [6.45, 7) is 3.02. The summed E-state index contributed by atoms with van der Waals surface area (Å²) in [5, 5.41) is 13.4. The predicted molar refractivity (Wildman–Crippen MR) is 74.0 cm³/mol. The number of anilines is 1. The second-order valence-corrected chi connectivity index (χ2v) is 5.18. The first-order valence-electron chi connectivity index (χ1n) is 6.05. The molecule has 1 aliphatic heterocycles. The number of carbonyl (C=O) groups excluding carboxylic acids is 1. The van der Waals surface area contributed by atoms with Crippen LogP contribution in [0.25, 0.3) is 0 Å². The molecule has 1 fully saturated rings. The average Bonchev–Trinajstić information content (AvgIpc) is 2.71. The van der Waals surface area contributed by atoms with Crippen LogP contribution in [-0.2, 0) is 4.79 Å². The Morgan fingerprint density at radius 1 is 1.67 bits per heavy atom. The van der Waals surface area contributed by atoms with Crippen molar-refractivity contribution in [3.8, 4) is 0 Å². The first kappa shape index (κ1) is 13.4. The van der Waals surface area contributed by atoms with Crippen LogP contribution in [-0.4, -0.2) is 53.9 Å². The fourth-order valence-corrected chi connectivity index (χ4v) is 2.06. The highest BCUT2D eigenvalue weighted by Gasteiger charge is 2.22. The molecule has 2 heterocycles. The van der Waals surface area contributed by atoms with Gasteiger partial charge in [-0.05, 0) is 6.26 Å². The lowest BCUT2D eigenvalue weighted by molar-refractivity contribution is -0.115. The Kier molecular flexibility index (Phi) is 5.03. The van der Waals surface area contributed by atoms with Crippen molar-refractivity contribution in [1.29, 1.82) is 0 Å². The maximum atomic E-state index is 11.7. The van der Waals surface area contributed by atoms with Crippen LogP contribution in [0.3, 0.4) is 0 Å². The standard InChI is InChI=1S/C11H19N5OS/c1-18-5-4-12-8-11(17)15-10-2-3-14-16(10)9-6-13-7-9/h2-3,9,12-13H,4-8H2,1H3,(H,15,17). The lowest BCUT2D eigenvalue weighted by Gasteiger charge is -2.28. The highest BCUT2D eigenvalue weighted by Crippen LogP contribution is 2.16. The number of aromatic nitrogens is 2. The molecule has 2 rings (SSSR count). The van der Waals surface area contributed by atoms with Gasteiger partial charge in [-0.25, -0.2) is 4.68 Å². The van der Waals surface area contributed by atoms with Gasteiger partial charge in [0.25, 0.3) is 0 Å². The van der Waals surface area contributed by atoms with Crippen molar-refractivity contribution in [1.82, 2.24) is 20.4 Å². The Morgan fingerprint density at radius 3 is 3.17 bits per heavy atom. The van der Waals surface area contributed by atoms with E-state index in [9.17, 15) is 4.79 Å². The molecule has 0 aliphatic carbocycles. The summed E-state index contributed by atoms with van der Waals surface area (Å²) < 4.78 is 1.87. The van der Waals surface area contributed by atoms with Gasteiger partial charge >= 0.3 is 0 Å². The fourth-order valence-electron chi connectivity index (χ4n) is 1.71. The van der Waals surface area contributed by atoms with E-state index in [1.807, 2.05) is 17.0 Å². The largest absolute Gasteiger partial charge is 0.312 e. The quantitative estimate of drug-likeness (QED) is 0.604. The van der Waals surface area contributed by atoms with Crippen LogP contribution in [0.1, 0.15) is 6.04 Å². The van der Waals surface area contributed by atoms with E-state index in [0.717, 1.165) is 31.2 Å². The zero-order valence-electron chi connectivity index (χ0n) is 10.5. The van der Waals surface area contributed by atoms with E-state index in [1.54, 1.807) is 18.0 Å². The molecule has 6 nitrogen and oxygen atoms in total. The third-order valence-electron chi connectivity index (χ3n) is 2.81. The monoisotopic (exact) mass is 269 g/mol. The molecule has 100 valence electrons. The summed E-state index contributed by atoms with van der Waals surface area (Å²) in [7, 11) is 0. The molecule has 7 heteroatoms. The normalized spacial score (nSPS) is 15.4. The summed E-state index contributed by atoms with van der Waals surface area (Å²) in [6.07, 6.45) is 3.77. The van der Waals surface area contributed by atoms with E-state index in [0.29, 0.717) is 12.6 Å². The van der Waals surface area contributed by atoms with Crippen LogP contribution in [0, 0.1) is 0 Å². The van der Waals surface area contributed by atoms with Gasteiger partial charge in [-0.2, -0.15) is 16.9 Å². The minimum absolute atomic E-state index is 0.0230. The van der Waals surface area contributed by atoms with Gasteiger partial charge in [-0.15, -0.1) is 0 Å². The topological polar surface area (TPSA) is 71.0 Å². The predicted octanol–water partition coefficient (Wildman–Crippen LogP) is -0.0815. The van der Waals surface area contributed by atoms with Crippen LogP contribution in [0.2, 0.25) is 0 Å². The van der Waals surface area contributed by atoms with Crippen molar-refractivity contribution in [2.24, 2.45) is 0 Å². The molecular formula is C11H19N5OS.